The number of nitrogens with zero attached hydrogens (tertiary/aromatic N) is 4. The van der Waals surface area contributed by atoms with E-state index >= 15 is 0 Å². The van der Waals surface area contributed by atoms with Crippen LogP contribution in [0.5, 0.6) is 5.88 Å². The van der Waals surface area contributed by atoms with E-state index in [1.54, 1.807) is 6.33 Å². The van der Waals surface area contributed by atoms with Crippen LogP contribution in [0.15, 0.2) is 42.9 Å². The zero-order valence-electron chi connectivity index (χ0n) is 16.8. The molecule has 0 atom stereocenters. The number of fused-ring (bicyclic) bond motifs is 1. The SMILES string of the molecule is Cn1cc(C(=O)N2CCC(COc3cc(C4CC4)ncn3)CC2)c2ccccc21. The molecule has 2 aliphatic rings. The van der Waals surface area contributed by atoms with Gasteiger partial charge in [0.15, 0.2) is 0 Å². The molecule has 0 radical (unpaired) electrons. The van der Waals surface area contributed by atoms with Crippen molar-refractivity contribution in [1.29, 1.82) is 0 Å². The molecule has 3 heterocycles. The molecule has 1 aliphatic heterocycles. The smallest absolute Gasteiger partial charge is 0.256 e. The number of piperidine rings is 1. The summed E-state index contributed by atoms with van der Waals surface area (Å²) in [7, 11) is 1.99. The van der Waals surface area contributed by atoms with Crippen LogP contribution in [0.1, 0.15) is 47.7 Å². The number of hydrogen-bond donors (Lipinski definition) is 0. The van der Waals surface area contributed by atoms with Gasteiger partial charge in [0.1, 0.15) is 6.33 Å². The first-order chi connectivity index (χ1) is 14.2. The van der Waals surface area contributed by atoms with Gasteiger partial charge < -0.3 is 14.2 Å². The monoisotopic (exact) mass is 390 g/mol. The molecular weight excluding hydrogens is 364 g/mol. The predicted molar refractivity (Wildman–Crippen MR) is 111 cm³/mol. The lowest BCUT2D eigenvalue weighted by Crippen LogP contribution is -2.39. The van der Waals surface area contributed by atoms with Gasteiger partial charge in [0.2, 0.25) is 5.88 Å². The number of carbonyl (C=O) groups is 1. The second kappa shape index (κ2) is 7.50. The van der Waals surface area contributed by atoms with Crippen molar-refractivity contribution in [1.82, 2.24) is 19.4 Å². The quantitative estimate of drug-likeness (QED) is 0.665. The number of benzene rings is 1. The van der Waals surface area contributed by atoms with E-state index in [9.17, 15) is 4.79 Å². The Labute approximate surface area is 170 Å². The molecular formula is C23H26N4O2. The number of aryl methyl sites for hydroxylation is 1. The summed E-state index contributed by atoms with van der Waals surface area (Å²) in [6.07, 6.45) is 7.91. The third kappa shape index (κ3) is 3.71. The van der Waals surface area contributed by atoms with Gasteiger partial charge in [0.25, 0.3) is 5.91 Å². The number of likely N-dealkylation sites (tertiary alicyclic amines) is 1. The van der Waals surface area contributed by atoms with Crippen LogP contribution in [0.4, 0.5) is 0 Å². The third-order valence-electron chi connectivity index (χ3n) is 6.15. The zero-order chi connectivity index (χ0) is 19.8. The zero-order valence-corrected chi connectivity index (χ0v) is 16.8. The van der Waals surface area contributed by atoms with Crippen molar-refractivity contribution in [3.63, 3.8) is 0 Å². The second-order valence-corrected chi connectivity index (χ2v) is 8.27. The summed E-state index contributed by atoms with van der Waals surface area (Å²) in [6, 6.07) is 10.1. The Kier molecular flexibility index (Phi) is 4.70. The Balaban J connectivity index is 1.18. The molecule has 6 nitrogen and oxygen atoms in total. The normalized spacial score (nSPS) is 17.6. The molecule has 2 fully saturated rings. The molecule has 29 heavy (non-hydrogen) atoms. The summed E-state index contributed by atoms with van der Waals surface area (Å²) >= 11 is 0. The van der Waals surface area contributed by atoms with E-state index in [1.807, 2.05) is 47.0 Å². The number of para-hydroxylation sites is 1. The van der Waals surface area contributed by atoms with Crippen LogP contribution >= 0.6 is 0 Å². The molecule has 2 aromatic heterocycles. The number of rotatable bonds is 5. The van der Waals surface area contributed by atoms with Crippen molar-refractivity contribution >= 4 is 16.8 Å². The molecule has 0 N–H and O–H groups in total. The third-order valence-corrected chi connectivity index (χ3v) is 6.15. The Bertz CT molecular complexity index is 1030. The van der Waals surface area contributed by atoms with Crippen molar-refractivity contribution in [2.45, 2.75) is 31.6 Å². The minimum absolute atomic E-state index is 0.131. The molecule has 1 aliphatic carbocycles. The number of aromatic nitrogens is 3. The van der Waals surface area contributed by atoms with E-state index in [2.05, 4.69) is 16.0 Å². The van der Waals surface area contributed by atoms with Crippen LogP contribution in [0, 0.1) is 5.92 Å². The van der Waals surface area contributed by atoms with E-state index in [4.69, 9.17) is 4.74 Å². The standard InChI is InChI=1S/C23H26N4O2/c1-26-13-19(18-4-2-3-5-21(18)26)23(28)27-10-8-16(9-11-27)14-29-22-12-20(17-6-7-17)24-15-25-22/h2-5,12-13,15-17H,6-11,14H2,1H3. The van der Waals surface area contributed by atoms with Gasteiger partial charge in [0.05, 0.1) is 17.9 Å². The van der Waals surface area contributed by atoms with E-state index < -0.39 is 0 Å². The highest BCUT2D eigenvalue weighted by molar-refractivity contribution is 6.07. The fourth-order valence-corrected chi connectivity index (χ4v) is 4.22. The first-order valence-electron chi connectivity index (χ1n) is 10.5. The number of ether oxygens (including phenoxy) is 1. The van der Waals surface area contributed by atoms with Gasteiger partial charge in [0, 0.05) is 49.2 Å². The van der Waals surface area contributed by atoms with E-state index in [1.165, 1.54) is 12.8 Å². The predicted octanol–water partition coefficient (Wildman–Crippen LogP) is 3.78. The van der Waals surface area contributed by atoms with Crippen LogP contribution in [0.2, 0.25) is 0 Å². The summed E-state index contributed by atoms with van der Waals surface area (Å²) < 4.78 is 7.98. The Morgan fingerprint density at radius 1 is 1.14 bits per heavy atom. The largest absolute Gasteiger partial charge is 0.477 e. The minimum Gasteiger partial charge on any atom is -0.477 e. The van der Waals surface area contributed by atoms with E-state index in [0.717, 1.165) is 48.1 Å². The molecule has 1 aromatic carbocycles. The Hall–Kier alpha value is -2.89. The summed E-state index contributed by atoms with van der Waals surface area (Å²) in [5, 5.41) is 1.03. The molecule has 1 saturated heterocycles. The van der Waals surface area contributed by atoms with Gasteiger partial charge in [-0.15, -0.1) is 0 Å². The Morgan fingerprint density at radius 2 is 1.93 bits per heavy atom. The maximum Gasteiger partial charge on any atom is 0.256 e. The average Bonchev–Trinajstić information content (AvgIpc) is 3.57. The van der Waals surface area contributed by atoms with Gasteiger partial charge >= 0.3 is 0 Å². The molecule has 5 rings (SSSR count). The lowest BCUT2D eigenvalue weighted by Gasteiger charge is -2.31. The molecule has 0 spiro atoms. The van der Waals surface area contributed by atoms with Crippen LogP contribution < -0.4 is 4.74 Å². The van der Waals surface area contributed by atoms with Crippen LogP contribution in [0.3, 0.4) is 0 Å². The first kappa shape index (κ1) is 18.2. The molecule has 150 valence electrons. The lowest BCUT2D eigenvalue weighted by molar-refractivity contribution is 0.0661. The highest BCUT2D eigenvalue weighted by atomic mass is 16.5. The van der Waals surface area contributed by atoms with Crippen molar-refractivity contribution < 1.29 is 9.53 Å². The highest BCUT2D eigenvalue weighted by Gasteiger charge is 2.27. The average molecular weight is 390 g/mol. The van der Waals surface area contributed by atoms with Gasteiger partial charge in [-0.1, -0.05) is 18.2 Å². The molecule has 0 bridgehead atoms. The molecule has 0 unspecified atom stereocenters. The number of carbonyl (C=O) groups excluding carboxylic acids is 1. The summed E-state index contributed by atoms with van der Waals surface area (Å²) in [5.74, 6) is 1.86. The number of amides is 1. The minimum atomic E-state index is 0.131. The van der Waals surface area contributed by atoms with Gasteiger partial charge in [-0.3, -0.25) is 4.79 Å². The van der Waals surface area contributed by atoms with Crippen molar-refractivity contribution in [2.24, 2.45) is 13.0 Å². The Morgan fingerprint density at radius 3 is 2.72 bits per heavy atom. The van der Waals surface area contributed by atoms with Crippen molar-refractivity contribution in [3.05, 3.63) is 54.1 Å². The van der Waals surface area contributed by atoms with Gasteiger partial charge in [-0.05, 0) is 37.7 Å². The van der Waals surface area contributed by atoms with Crippen molar-refractivity contribution in [2.75, 3.05) is 19.7 Å². The second-order valence-electron chi connectivity index (χ2n) is 8.27. The van der Waals surface area contributed by atoms with E-state index in [0.29, 0.717) is 24.3 Å². The van der Waals surface area contributed by atoms with Crippen LogP contribution in [-0.4, -0.2) is 45.0 Å². The maximum atomic E-state index is 13.1. The summed E-state index contributed by atoms with van der Waals surface area (Å²) in [4.78, 5) is 23.7. The first-order valence-corrected chi connectivity index (χ1v) is 10.5. The van der Waals surface area contributed by atoms with Gasteiger partial charge in [-0.25, -0.2) is 9.97 Å². The fourth-order valence-electron chi connectivity index (χ4n) is 4.22. The maximum absolute atomic E-state index is 13.1. The fraction of sp³-hybridized carbons (Fsp3) is 0.435. The lowest BCUT2D eigenvalue weighted by atomic mass is 9.97. The van der Waals surface area contributed by atoms with Gasteiger partial charge in [-0.2, -0.15) is 0 Å². The van der Waals surface area contributed by atoms with Crippen LogP contribution in [-0.2, 0) is 7.05 Å². The number of hydrogen-bond acceptors (Lipinski definition) is 4. The summed E-state index contributed by atoms with van der Waals surface area (Å²) in [5.41, 5.74) is 2.99. The molecule has 3 aromatic rings. The van der Waals surface area contributed by atoms with Crippen LogP contribution in [0.25, 0.3) is 10.9 Å². The molecule has 1 amide bonds. The molecule has 6 heteroatoms. The molecule has 1 saturated carbocycles. The summed E-state index contributed by atoms with van der Waals surface area (Å²) in [6.45, 7) is 2.19. The van der Waals surface area contributed by atoms with E-state index in [-0.39, 0.29) is 5.91 Å². The van der Waals surface area contributed by atoms with Crippen molar-refractivity contribution in [3.8, 4) is 5.88 Å². The highest BCUT2D eigenvalue weighted by Crippen LogP contribution is 2.39. The topological polar surface area (TPSA) is 60.2 Å².